The van der Waals surface area contributed by atoms with Crippen LogP contribution in [0, 0.1) is 0 Å². The Morgan fingerprint density at radius 3 is 2.81 bits per heavy atom. The summed E-state index contributed by atoms with van der Waals surface area (Å²) in [7, 11) is 0. The number of rotatable bonds is 8. The summed E-state index contributed by atoms with van der Waals surface area (Å²) in [6.07, 6.45) is 3.26. The number of carbonyl (C=O) groups excluding carboxylic acids is 1. The normalized spacial score (nSPS) is 11.1. The highest BCUT2D eigenvalue weighted by atomic mass is 16.5. The van der Waals surface area contributed by atoms with Crippen LogP contribution in [0.15, 0.2) is 77.9 Å². The van der Waals surface area contributed by atoms with Crippen molar-refractivity contribution < 1.29 is 9.53 Å². The summed E-state index contributed by atoms with van der Waals surface area (Å²) in [6.45, 7) is 2.73. The summed E-state index contributed by atoms with van der Waals surface area (Å²) in [5, 5.41) is 4.07. The number of H-pyrrole nitrogens is 1. The van der Waals surface area contributed by atoms with Gasteiger partial charge in [-0.2, -0.15) is 5.10 Å². The third-order valence-electron chi connectivity index (χ3n) is 4.72. The first-order valence-electron chi connectivity index (χ1n) is 10.3. The number of benzene rings is 3. The lowest BCUT2D eigenvalue weighted by Gasteiger charge is -2.04. The predicted molar refractivity (Wildman–Crippen MR) is 123 cm³/mol. The summed E-state index contributed by atoms with van der Waals surface area (Å²) in [5.41, 5.74) is 6.77. The van der Waals surface area contributed by atoms with E-state index in [-0.39, 0.29) is 5.91 Å². The maximum Gasteiger partial charge on any atom is 0.271 e. The van der Waals surface area contributed by atoms with Gasteiger partial charge in [-0.15, -0.1) is 0 Å². The number of nitrogens with one attached hydrogen (secondary N) is 2. The highest BCUT2D eigenvalue weighted by molar-refractivity contribution is 5.97. The Balaban J connectivity index is 1.41. The molecule has 3 aromatic carbocycles. The standard InChI is InChI=1S/C25H24N4O2/c1-2-13-31-21-10-6-9-19(14-21)17-26-29-25(30)20-11-12-22-23(16-20)28-24(27-22)15-18-7-4-3-5-8-18/h3-12,14,16-17H,2,13,15H2,1H3,(H,27,28)(H,29,30)/b26-17-. The van der Waals surface area contributed by atoms with E-state index in [4.69, 9.17) is 4.74 Å². The Labute approximate surface area is 181 Å². The van der Waals surface area contributed by atoms with Crippen molar-refractivity contribution in [2.75, 3.05) is 6.61 Å². The van der Waals surface area contributed by atoms with Gasteiger partial charge in [-0.05, 0) is 47.9 Å². The molecule has 0 spiro atoms. The number of aromatic nitrogens is 2. The number of hydrogen-bond acceptors (Lipinski definition) is 4. The van der Waals surface area contributed by atoms with E-state index in [1.54, 1.807) is 18.3 Å². The van der Waals surface area contributed by atoms with Gasteiger partial charge in [-0.25, -0.2) is 10.4 Å². The lowest BCUT2D eigenvalue weighted by molar-refractivity contribution is 0.0955. The average molecular weight is 412 g/mol. The van der Waals surface area contributed by atoms with Gasteiger partial charge in [-0.1, -0.05) is 49.4 Å². The van der Waals surface area contributed by atoms with Gasteiger partial charge in [0.25, 0.3) is 5.91 Å². The van der Waals surface area contributed by atoms with Gasteiger partial charge >= 0.3 is 0 Å². The Morgan fingerprint density at radius 2 is 1.97 bits per heavy atom. The van der Waals surface area contributed by atoms with Crippen LogP contribution in [0.2, 0.25) is 0 Å². The number of imidazole rings is 1. The zero-order valence-electron chi connectivity index (χ0n) is 17.3. The minimum Gasteiger partial charge on any atom is -0.494 e. The van der Waals surface area contributed by atoms with E-state index < -0.39 is 0 Å². The van der Waals surface area contributed by atoms with Crippen molar-refractivity contribution in [3.8, 4) is 5.75 Å². The molecule has 1 amide bonds. The molecule has 4 aromatic rings. The van der Waals surface area contributed by atoms with E-state index in [9.17, 15) is 4.79 Å². The Bertz CT molecular complexity index is 1200. The predicted octanol–water partition coefficient (Wildman–Crippen LogP) is 4.71. The second-order valence-electron chi connectivity index (χ2n) is 7.20. The van der Waals surface area contributed by atoms with E-state index in [1.807, 2.05) is 48.5 Å². The van der Waals surface area contributed by atoms with Crippen LogP contribution in [-0.4, -0.2) is 28.7 Å². The summed E-state index contributed by atoms with van der Waals surface area (Å²) < 4.78 is 5.61. The number of aromatic amines is 1. The molecule has 1 aromatic heterocycles. The third-order valence-corrected chi connectivity index (χ3v) is 4.72. The maximum absolute atomic E-state index is 12.5. The van der Waals surface area contributed by atoms with Crippen molar-refractivity contribution in [3.63, 3.8) is 0 Å². The van der Waals surface area contributed by atoms with Crippen molar-refractivity contribution >= 4 is 23.2 Å². The van der Waals surface area contributed by atoms with Crippen molar-refractivity contribution in [1.82, 2.24) is 15.4 Å². The summed E-state index contributed by atoms with van der Waals surface area (Å²) in [6, 6.07) is 23.1. The number of hydrogen-bond donors (Lipinski definition) is 2. The fourth-order valence-corrected chi connectivity index (χ4v) is 3.21. The highest BCUT2D eigenvalue weighted by Crippen LogP contribution is 2.16. The van der Waals surface area contributed by atoms with Gasteiger partial charge < -0.3 is 9.72 Å². The smallest absolute Gasteiger partial charge is 0.271 e. The maximum atomic E-state index is 12.5. The first kappa shape index (κ1) is 20.3. The lowest BCUT2D eigenvalue weighted by atomic mass is 10.1. The Hall–Kier alpha value is -3.93. The quantitative estimate of drug-likeness (QED) is 0.325. The molecule has 6 nitrogen and oxygen atoms in total. The second kappa shape index (κ2) is 9.71. The van der Waals surface area contributed by atoms with Gasteiger partial charge in [-0.3, -0.25) is 4.79 Å². The third kappa shape index (κ3) is 5.36. The van der Waals surface area contributed by atoms with Crippen molar-refractivity contribution in [3.05, 3.63) is 95.3 Å². The van der Waals surface area contributed by atoms with Crippen LogP contribution in [0.25, 0.3) is 11.0 Å². The van der Waals surface area contributed by atoms with Crippen molar-refractivity contribution in [2.45, 2.75) is 19.8 Å². The molecule has 0 unspecified atom stereocenters. The molecule has 0 aliphatic carbocycles. The molecule has 0 aliphatic heterocycles. The monoisotopic (exact) mass is 412 g/mol. The van der Waals surface area contributed by atoms with Crippen LogP contribution < -0.4 is 10.2 Å². The van der Waals surface area contributed by atoms with Crippen LogP contribution in [-0.2, 0) is 6.42 Å². The summed E-state index contributed by atoms with van der Waals surface area (Å²) in [5.74, 6) is 1.37. The fraction of sp³-hybridized carbons (Fsp3) is 0.160. The first-order chi connectivity index (χ1) is 15.2. The molecular formula is C25H24N4O2. The van der Waals surface area contributed by atoms with Crippen molar-refractivity contribution in [1.29, 1.82) is 0 Å². The van der Waals surface area contributed by atoms with E-state index in [0.717, 1.165) is 34.6 Å². The van der Waals surface area contributed by atoms with Crippen LogP contribution >= 0.6 is 0 Å². The van der Waals surface area contributed by atoms with E-state index in [0.29, 0.717) is 18.6 Å². The van der Waals surface area contributed by atoms with Gasteiger partial charge in [0.05, 0.1) is 23.9 Å². The zero-order chi connectivity index (χ0) is 21.5. The molecule has 0 saturated carbocycles. The minimum atomic E-state index is -0.282. The molecule has 31 heavy (non-hydrogen) atoms. The summed E-state index contributed by atoms with van der Waals surface area (Å²) in [4.78, 5) is 20.4. The van der Waals surface area contributed by atoms with Gasteiger partial charge in [0.2, 0.25) is 0 Å². The lowest BCUT2D eigenvalue weighted by Crippen LogP contribution is -2.17. The van der Waals surface area contributed by atoms with Gasteiger partial charge in [0, 0.05) is 12.0 Å². The topological polar surface area (TPSA) is 79.4 Å². The number of hydrazone groups is 1. The molecule has 0 saturated heterocycles. The SMILES string of the molecule is CCCOc1cccc(/C=N\NC(=O)c2ccc3nc(Cc4ccccc4)[nH]c3c2)c1. The molecule has 2 N–H and O–H groups in total. The molecule has 6 heteroatoms. The molecule has 1 heterocycles. The van der Waals surface area contributed by atoms with Crippen LogP contribution in [0.4, 0.5) is 0 Å². The molecule has 4 rings (SSSR count). The van der Waals surface area contributed by atoms with Crippen LogP contribution in [0.3, 0.4) is 0 Å². The summed E-state index contributed by atoms with van der Waals surface area (Å²) >= 11 is 0. The minimum absolute atomic E-state index is 0.282. The average Bonchev–Trinajstić information content (AvgIpc) is 3.20. The van der Waals surface area contributed by atoms with E-state index in [1.165, 1.54) is 5.56 Å². The first-order valence-corrected chi connectivity index (χ1v) is 10.3. The van der Waals surface area contributed by atoms with Gasteiger partial charge in [0.15, 0.2) is 0 Å². The number of fused-ring (bicyclic) bond motifs is 1. The number of carbonyl (C=O) groups is 1. The number of nitrogens with zero attached hydrogens (tertiary/aromatic N) is 2. The molecular weight excluding hydrogens is 388 g/mol. The molecule has 0 bridgehead atoms. The largest absolute Gasteiger partial charge is 0.494 e. The van der Waals surface area contributed by atoms with E-state index >= 15 is 0 Å². The van der Waals surface area contributed by atoms with Crippen molar-refractivity contribution in [2.24, 2.45) is 5.10 Å². The highest BCUT2D eigenvalue weighted by Gasteiger charge is 2.09. The van der Waals surface area contributed by atoms with Crippen LogP contribution in [0.1, 0.15) is 40.7 Å². The molecule has 156 valence electrons. The second-order valence-corrected chi connectivity index (χ2v) is 7.20. The Morgan fingerprint density at radius 1 is 1.10 bits per heavy atom. The Kier molecular flexibility index (Phi) is 6.38. The molecule has 0 atom stereocenters. The molecule has 0 fully saturated rings. The van der Waals surface area contributed by atoms with Crippen LogP contribution in [0.5, 0.6) is 5.75 Å². The van der Waals surface area contributed by atoms with Gasteiger partial charge in [0.1, 0.15) is 11.6 Å². The fourth-order valence-electron chi connectivity index (χ4n) is 3.21. The number of ether oxygens (including phenoxy) is 1. The molecule has 0 aliphatic rings. The zero-order valence-corrected chi connectivity index (χ0v) is 17.3. The van der Waals surface area contributed by atoms with E-state index in [2.05, 4.69) is 39.6 Å². The number of amides is 1. The molecule has 0 radical (unpaired) electrons.